The Morgan fingerprint density at radius 1 is 1.21 bits per heavy atom. The number of nitrogens with zero attached hydrogens (tertiary/aromatic N) is 2. The molecule has 4 nitrogen and oxygen atoms in total. The van der Waals surface area contributed by atoms with Gasteiger partial charge in [-0.05, 0) is 45.7 Å². The van der Waals surface area contributed by atoms with E-state index >= 15 is 0 Å². The SMILES string of the molecule is CC1C(N)CCCC1C(=O)N1CCCC(N(C)C)C1. The van der Waals surface area contributed by atoms with Gasteiger partial charge in [0.2, 0.25) is 5.91 Å². The fraction of sp³-hybridized carbons (Fsp3) is 0.933. The topological polar surface area (TPSA) is 49.6 Å². The first-order valence-electron chi connectivity index (χ1n) is 7.71. The predicted octanol–water partition coefficient (Wildman–Crippen LogP) is 1.30. The predicted molar refractivity (Wildman–Crippen MR) is 77.8 cm³/mol. The zero-order valence-electron chi connectivity index (χ0n) is 12.6. The first kappa shape index (κ1) is 14.8. The van der Waals surface area contributed by atoms with Crippen LogP contribution in [0.15, 0.2) is 0 Å². The van der Waals surface area contributed by atoms with Crippen LogP contribution >= 0.6 is 0 Å². The van der Waals surface area contributed by atoms with Gasteiger partial charge in [0.05, 0.1) is 0 Å². The molecular formula is C15H29N3O. The van der Waals surface area contributed by atoms with Gasteiger partial charge >= 0.3 is 0 Å². The van der Waals surface area contributed by atoms with Crippen LogP contribution in [0.5, 0.6) is 0 Å². The van der Waals surface area contributed by atoms with Crippen molar-refractivity contribution in [1.82, 2.24) is 9.80 Å². The molecule has 0 spiro atoms. The first-order chi connectivity index (χ1) is 9.00. The highest BCUT2D eigenvalue weighted by molar-refractivity contribution is 5.79. The molecule has 0 bridgehead atoms. The van der Waals surface area contributed by atoms with E-state index in [9.17, 15) is 4.79 Å². The number of hydrogen-bond donors (Lipinski definition) is 1. The van der Waals surface area contributed by atoms with Gasteiger partial charge in [-0.25, -0.2) is 0 Å². The number of nitrogens with two attached hydrogens (primary N) is 1. The largest absolute Gasteiger partial charge is 0.341 e. The molecule has 1 heterocycles. The lowest BCUT2D eigenvalue weighted by Gasteiger charge is -2.41. The molecular weight excluding hydrogens is 238 g/mol. The minimum Gasteiger partial charge on any atom is -0.341 e. The molecule has 4 unspecified atom stereocenters. The van der Waals surface area contributed by atoms with Gasteiger partial charge in [0.1, 0.15) is 0 Å². The molecule has 19 heavy (non-hydrogen) atoms. The summed E-state index contributed by atoms with van der Waals surface area (Å²) in [5.41, 5.74) is 6.13. The highest BCUT2D eigenvalue weighted by Crippen LogP contribution is 2.31. The van der Waals surface area contributed by atoms with Crippen LogP contribution in [0.3, 0.4) is 0 Å². The van der Waals surface area contributed by atoms with Gasteiger partial charge in [-0.15, -0.1) is 0 Å². The minimum atomic E-state index is 0.157. The zero-order chi connectivity index (χ0) is 14.0. The first-order valence-corrected chi connectivity index (χ1v) is 7.71. The van der Waals surface area contributed by atoms with Crippen molar-refractivity contribution in [3.63, 3.8) is 0 Å². The standard InChI is InChI=1S/C15H29N3O/c1-11-13(7-4-8-14(11)16)15(19)18-9-5-6-12(10-18)17(2)3/h11-14H,4-10,16H2,1-3H3. The molecule has 2 rings (SSSR count). The average molecular weight is 267 g/mol. The van der Waals surface area contributed by atoms with Crippen LogP contribution in [0, 0.1) is 11.8 Å². The summed E-state index contributed by atoms with van der Waals surface area (Å²) in [6, 6.07) is 0.724. The zero-order valence-corrected chi connectivity index (χ0v) is 12.6. The number of hydrogen-bond acceptors (Lipinski definition) is 3. The van der Waals surface area contributed by atoms with E-state index in [-0.39, 0.29) is 12.0 Å². The van der Waals surface area contributed by atoms with Gasteiger partial charge in [-0.2, -0.15) is 0 Å². The van der Waals surface area contributed by atoms with Crippen molar-refractivity contribution in [2.45, 2.75) is 51.1 Å². The van der Waals surface area contributed by atoms with Gasteiger partial charge in [0.25, 0.3) is 0 Å². The summed E-state index contributed by atoms with van der Waals surface area (Å²) in [5.74, 6) is 0.847. The van der Waals surface area contributed by atoms with Crippen LogP contribution < -0.4 is 5.73 Å². The Hall–Kier alpha value is -0.610. The highest BCUT2D eigenvalue weighted by atomic mass is 16.2. The normalized spacial score (nSPS) is 36.6. The summed E-state index contributed by atoms with van der Waals surface area (Å²) in [6.45, 7) is 3.98. The number of piperidine rings is 1. The van der Waals surface area contributed by atoms with Crippen LogP contribution in [-0.2, 0) is 4.79 Å². The minimum absolute atomic E-state index is 0.157. The number of likely N-dealkylation sites (N-methyl/N-ethyl adjacent to an activating group) is 1. The van der Waals surface area contributed by atoms with E-state index < -0.39 is 0 Å². The van der Waals surface area contributed by atoms with Crippen molar-refractivity contribution in [1.29, 1.82) is 0 Å². The molecule has 4 atom stereocenters. The molecule has 1 saturated heterocycles. The number of rotatable bonds is 2. The van der Waals surface area contributed by atoms with Crippen molar-refractivity contribution in [3.8, 4) is 0 Å². The molecule has 4 heteroatoms. The molecule has 1 aliphatic carbocycles. The molecule has 110 valence electrons. The molecule has 0 aromatic heterocycles. The lowest BCUT2D eigenvalue weighted by Crippen LogP contribution is -2.52. The Labute approximate surface area is 117 Å². The summed E-state index contributed by atoms with van der Waals surface area (Å²) in [7, 11) is 4.22. The average Bonchev–Trinajstić information content (AvgIpc) is 2.41. The number of amides is 1. The number of likely N-dealkylation sites (tertiary alicyclic amines) is 1. The number of carbonyl (C=O) groups excluding carboxylic acids is 1. The third-order valence-electron chi connectivity index (χ3n) is 5.12. The summed E-state index contributed by atoms with van der Waals surface area (Å²) < 4.78 is 0. The Morgan fingerprint density at radius 3 is 2.63 bits per heavy atom. The van der Waals surface area contributed by atoms with E-state index in [1.807, 2.05) is 0 Å². The third kappa shape index (κ3) is 3.29. The van der Waals surface area contributed by atoms with E-state index in [4.69, 9.17) is 5.73 Å². The summed E-state index contributed by atoms with van der Waals surface area (Å²) in [4.78, 5) is 17.1. The second kappa shape index (κ2) is 6.23. The fourth-order valence-corrected chi connectivity index (χ4v) is 3.56. The molecule has 0 radical (unpaired) electrons. The molecule has 2 aliphatic rings. The molecule has 1 amide bonds. The number of carbonyl (C=O) groups is 1. The van der Waals surface area contributed by atoms with Crippen molar-refractivity contribution >= 4 is 5.91 Å². The Balaban J connectivity index is 1.98. The molecule has 0 aromatic rings. The van der Waals surface area contributed by atoms with E-state index in [0.717, 1.165) is 38.8 Å². The van der Waals surface area contributed by atoms with Gasteiger partial charge in [0, 0.05) is 31.1 Å². The fourth-order valence-electron chi connectivity index (χ4n) is 3.56. The summed E-state index contributed by atoms with van der Waals surface area (Å²) in [5, 5.41) is 0. The Morgan fingerprint density at radius 2 is 1.95 bits per heavy atom. The molecule has 0 aromatic carbocycles. The lowest BCUT2D eigenvalue weighted by molar-refractivity contribution is -0.140. The van der Waals surface area contributed by atoms with Crippen LogP contribution in [0.25, 0.3) is 0 Å². The van der Waals surface area contributed by atoms with Crippen molar-refractivity contribution in [2.75, 3.05) is 27.2 Å². The molecule has 2 N–H and O–H groups in total. The highest BCUT2D eigenvalue weighted by Gasteiger charge is 2.36. The second-order valence-corrected chi connectivity index (χ2v) is 6.60. The summed E-state index contributed by atoms with van der Waals surface area (Å²) >= 11 is 0. The van der Waals surface area contributed by atoms with E-state index in [1.54, 1.807) is 0 Å². The monoisotopic (exact) mass is 267 g/mol. The maximum absolute atomic E-state index is 12.7. The van der Waals surface area contributed by atoms with Crippen LogP contribution in [0.1, 0.15) is 39.0 Å². The Bertz CT molecular complexity index is 319. The second-order valence-electron chi connectivity index (χ2n) is 6.60. The summed E-state index contributed by atoms with van der Waals surface area (Å²) in [6.07, 6.45) is 5.53. The van der Waals surface area contributed by atoms with Crippen LogP contribution in [0.4, 0.5) is 0 Å². The molecule has 1 saturated carbocycles. The maximum Gasteiger partial charge on any atom is 0.226 e. The van der Waals surface area contributed by atoms with E-state index in [1.165, 1.54) is 6.42 Å². The van der Waals surface area contributed by atoms with Gasteiger partial charge < -0.3 is 15.5 Å². The quantitative estimate of drug-likeness (QED) is 0.820. The van der Waals surface area contributed by atoms with Crippen LogP contribution in [-0.4, -0.2) is 55.0 Å². The maximum atomic E-state index is 12.7. The van der Waals surface area contributed by atoms with Gasteiger partial charge in [0.15, 0.2) is 0 Å². The van der Waals surface area contributed by atoms with E-state index in [2.05, 4.69) is 30.8 Å². The van der Waals surface area contributed by atoms with Crippen LogP contribution in [0.2, 0.25) is 0 Å². The third-order valence-corrected chi connectivity index (χ3v) is 5.12. The molecule has 2 fully saturated rings. The molecule has 1 aliphatic heterocycles. The van der Waals surface area contributed by atoms with E-state index in [0.29, 0.717) is 17.9 Å². The lowest BCUT2D eigenvalue weighted by atomic mass is 9.76. The van der Waals surface area contributed by atoms with Crippen molar-refractivity contribution < 1.29 is 4.79 Å². The smallest absolute Gasteiger partial charge is 0.226 e. The van der Waals surface area contributed by atoms with Gasteiger partial charge in [-0.3, -0.25) is 4.79 Å². The van der Waals surface area contributed by atoms with Gasteiger partial charge in [-0.1, -0.05) is 13.3 Å². The van der Waals surface area contributed by atoms with Crippen molar-refractivity contribution in [3.05, 3.63) is 0 Å². The van der Waals surface area contributed by atoms with Crippen molar-refractivity contribution in [2.24, 2.45) is 17.6 Å². The Kier molecular flexibility index (Phi) is 4.85.